The molecule has 2 aromatic heterocycles. The van der Waals surface area contributed by atoms with Crippen LogP contribution in [-0.4, -0.2) is 27.0 Å². The zero-order valence-electron chi connectivity index (χ0n) is 16.7. The van der Waals surface area contributed by atoms with E-state index in [1.165, 1.54) is 5.56 Å². The molecule has 0 saturated heterocycles. The summed E-state index contributed by atoms with van der Waals surface area (Å²) in [5.74, 6) is 0.882. The van der Waals surface area contributed by atoms with Crippen LogP contribution in [0.2, 0.25) is 0 Å². The molecule has 146 valence electrons. The number of aryl methyl sites for hydroxylation is 2. The van der Waals surface area contributed by atoms with Crippen molar-refractivity contribution in [2.75, 3.05) is 6.54 Å². The quantitative estimate of drug-likeness (QED) is 0.545. The van der Waals surface area contributed by atoms with Crippen LogP contribution in [0.25, 0.3) is 10.9 Å². The van der Waals surface area contributed by atoms with Gasteiger partial charge in [0.1, 0.15) is 5.82 Å². The molecule has 0 aliphatic heterocycles. The van der Waals surface area contributed by atoms with Gasteiger partial charge >= 0.3 is 0 Å². The van der Waals surface area contributed by atoms with E-state index < -0.39 is 0 Å². The number of nitrogens with zero attached hydrogens (tertiary/aromatic N) is 3. The Bertz CT molecular complexity index is 1150. The number of fused-ring (bicyclic) bond motifs is 1. The molecule has 0 saturated carbocycles. The summed E-state index contributed by atoms with van der Waals surface area (Å²) >= 11 is 0. The minimum absolute atomic E-state index is 0.0766. The molecule has 0 atom stereocenters. The van der Waals surface area contributed by atoms with Gasteiger partial charge in [0, 0.05) is 43.0 Å². The maximum atomic E-state index is 12.9. The van der Waals surface area contributed by atoms with E-state index in [1.54, 1.807) is 0 Å². The highest BCUT2D eigenvalue weighted by atomic mass is 16.1. The van der Waals surface area contributed by atoms with Gasteiger partial charge in [0.15, 0.2) is 0 Å². The van der Waals surface area contributed by atoms with Gasteiger partial charge in [0.25, 0.3) is 5.91 Å². The average Bonchev–Trinajstić information content (AvgIpc) is 3.15. The van der Waals surface area contributed by atoms with E-state index in [0.29, 0.717) is 18.5 Å². The number of aromatic nitrogens is 3. The molecule has 0 radical (unpaired) electrons. The van der Waals surface area contributed by atoms with Crippen LogP contribution in [0.3, 0.4) is 0 Å². The van der Waals surface area contributed by atoms with Crippen molar-refractivity contribution in [2.24, 2.45) is 0 Å². The summed E-state index contributed by atoms with van der Waals surface area (Å²) in [6.07, 6.45) is 4.46. The van der Waals surface area contributed by atoms with E-state index >= 15 is 0 Å². The van der Waals surface area contributed by atoms with Crippen LogP contribution in [0.4, 0.5) is 0 Å². The Labute approximate surface area is 170 Å². The van der Waals surface area contributed by atoms with Gasteiger partial charge in [-0.3, -0.25) is 9.78 Å². The Morgan fingerprint density at radius 1 is 1.07 bits per heavy atom. The molecule has 0 aliphatic rings. The van der Waals surface area contributed by atoms with E-state index in [0.717, 1.165) is 34.5 Å². The van der Waals surface area contributed by atoms with Crippen LogP contribution in [0.5, 0.6) is 0 Å². The lowest BCUT2D eigenvalue weighted by molar-refractivity contribution is 0.0955. The zero-order chi connectivity index (χ0) is 20.2. The van der Waals surface area contributed by atoms with E-state index in [9.17, 15) is 4.79 Å². The number of nitrogens with one attached hydrogen (secondary N) is 1. The Hall–Kier alpha value is -3.47. The molecule has 1 N–H and O–H groups in total. The van der Waals surface area contributed by atoms with E-state index in [4.69, 9.17) is 0 Å². The molecular weight excluding hydrogens is 360 g/mol. The Morgan fingerprint density at radius 3 is 2.72 bits per heavy atom. The minimum atomic E-state index is -0.0766. The number of amides is 1. The average molecular weight is 384 g/mol. The number of carbonyl (C=O) groups is 1. The van der Waals surface area contributed by atoms with Crippen molar-refractivity contribution < 1.29 is 4.79 Å². The SMILES string of the molecule is Cc1ccc2nc(C)cc(C(=O)NCCc3nccn3Cc3ccccc3)c2c1. The molecule has 4 aromatic rings. The van der Waals surface area contributed by atoms with Crippen molar-refractivity contribution in [2.45, 2.75) is 26.8 Å². The second-order valence-corrected chi connectivity index (χ2v) is 7.29. The topological polar surface area (TPSA) is 59.8 Å². The normalized spacial score (nSPS) is 11.0. The first kappa shape index (κ1) is 18.9. The Kier molecular flexibility index (Phi) is 5.38. The predicted molar refractivity (Wildman–Crippen MR) is 115 cm³/mol. The second kappa shape index (κ2) is 8.27. The van der Waals surface area contributed by atoms with Crippen molar-refractivity contribution in [3.8, 4) is 0 Å². The van der Waals surface area contributed by atoms with Crippen molar-refractivity contribution >= 4 is 16.8 Å². The van der Waals surface area contributed by atoms with Crippen molar-refractivity contribution in [3.05, 3.63) is 95.2 Å². The molecule has 4 rings (SSSR count). The molecule has 0 spiro atoms. The summed E-state index contributed by atoms with van der Waals surface area (Å²) in [5.41, 5.74) is 4.69. The number of benzene rings is 2. The molecule has 2 aromatic carbocycles. The van der Waals surface area contributed by atoms with Crippen LogP contribution >= 0.6 is 0 Å². The zero-order valence-corrected chi connectivity index (χ0v) is 16.7. The van der Waals surface area contributed by atoms with Gasteiger partial charge in [-0.15, -0.1) is 0 Å². The van der Waals surface area contributed by atoms with E-state index in [2.05, 4.69) is 32.0 Å². The number of imidazole rings is 1. The molecule has 0 aliphatic carbocycles. The van der Waals surface area contributed by atoms with E-state index in [1.807, 2.05) is 68.7 Å². The summed E-state index contributed by atoms with van der Waals surface area (Å²) in [6.45, 7) is 5.24. The van der Waals surface area contributed by atoms with Crippen molar-refractivity contribution in [3.63, 3.8) is 0 Å². The van der Waals surface area contributed by atoms with Crippen LogP contribution in [0.15, 0.2) is 67.0 Å². The summed E-state index contributed by atoms with van der Waals surface area (Å²) < 4.78 is 2.12. The molecule has 0 unspecified atom stereocenters. The molecule has 1 amide bonds. The smallest absolute Gasteiger partial charge is 0.252 e. The third-order valence-corrected chi connectivity index (χ3v) is 4.97. The molecular formula is C24H24N4O. The van der Waals surface area contributed by atoms with Crippen molar-refractivity contribution in [1.82, 2.24) is 19.9 Å². The largest absolute Gasteiger partial charge is 0.352 e. The fourth-order valence-corrected chi connectivity index (χ4v) is 3.54. The maximum Gasteiger partial charge on any atom is 0.252 e. The first-order valence-electron chi connectivity index (χ1n) is 9.80. The lowest BCUT2D eigenvalue weighted by Crippen LogP contribution is -2.27. The molecule has 0 fully saturated rings. The van der Waals surface area contributed by atoms with Gasteiger partial charge in [0.05, 0.1) is 11.1 Å². The highest BCUT2D eigenvalue weighted by Crippen LogP contribution is 2.20. The van der Waals surface area contributed by atoms with Gasteiger partial charge in [-0.05, 0) is 37.6 Å². The number of hydrogen-bond acceptors (Lipinski definition) is 3. The van der Waals surface area contributed by atoms with Gasteiger partial charge < -0.3 is 9.88 Å². The lowest BCUT2D eigenvalue weighted by atomic mass is 10.0. The Balaban J connectivity index is 1.45. The van der Waals surface area contributed by atoms with Gasteiger partial charge in [-0.25, -0.2) is 4.98 Å². The van der Waals surface area contributed by atoms with Gasteiger partial charge in [-0.2, -0.15) is 0 Å². The first-order valence-corrected chi connectivity index (χ1v) is 9.80. The summed E-state index contributed by atoms with van der Waals surface area (Å²) in [7, 11) is 0. The highest BCUT2D eigenvalue weighted by Gasteiger charge is 2.13. The number of carbonyl (C=O) groups excluding carboxylic acids is 1. The van der Waals surface area contributed by atoms with Gasteiger partial charge in [0.2, 0.25) is 0 Å². The molecule has 0 bridgehead atoms. The monoisotopic (exact) mass is 384 g/mol. The second-order valence-electron chi connectivity index (χ2n) is 7.29. The maximum absolute atomic E-state index is 12.9. The summed E-state index contributed by atoms with van der Waals surface area (Å²) in [6, 6.07) is 18.1. The van der Waals surface area contributed by atoms with Crippen molar-refractivity contribution in [1.29, 1.82) is 0 Å². The standard InChI is InChI=1S/C24H24N4O/c1-17-8-9-22-20(14-17)21(15-18(2)27-22)24(29)26-11-10-23-25-12-13-28(23)16-19-6-4-3-5-7-19/h3-9,12-15H,10-11,16H2,1-2H3,(H,26,29). The molecule has 29 heavy (non-hydrogen) atoms. The van der Waals surface area contributed by atoms with Gasteiger partial charge in [-0.1, -0.05) is 42.0 Å². The predicted octanol–water partition coefficient (Wildman–Crippen LogP) is 4.07. The van der Waals surface area contributed by atoms with Crippen LogP contribution in [0.1, 0.15) is 33.0 Å². The lowest BCUT2D eigenvalue weighted by Gasteiger charge is -2.11. The van der Waals surface area contributed by atoms with Crippen LogP contribution in [-0.2, 0) is 13.0 Å². The third-order valence-electron chi connectivity index (χ3n) is 4.97. The minimum Gasteiger partial charge on any atom is -0.352 e. The highest BCUT2D eigenvalue weighted by molar-refractivity contribution is 6.06. The summed E-state index contributed by atoms with van der Waals surface area (Å²) in [5, 5.41) is 3.93. The first-order chi connectivity index (χ1) is 14.1. The number of pyridine rings is 1. The number of hydrogen-bond donors (Lipinski definition) is 1. The van der Waals surface area contributed by atoms with Crippen LogP contribution in [0, 0.1) is 13.8 Å². The third kappa shape index (κ3) is 4.35. The fourth-order valence-electron chi connectivity index (χ4n) is 3.54. The molecule has 2 heterocycles. The number of rotatable bonds is 6. The van der Waals surface area contributed by atoms with Crippen LogP contribution < -0.4 is 5.32 Å². The molecule has 5 nitrogen and oxygen atoms in total. The summed E-state index contributed by atoms with van der Waals surface area (Å²) in [4.78, 5) is 21.9. The van der Waals surface area contributed by atoms with E-state index in [-0.39, 0.29) is 5.91 Å². The molecule has 5 heteroatoms. The Morgan fingerprint density at radius 2 is 1.90 bits per heavy atom. The fraction of sp³-hybridized carbons (Fsp3) is 0.208.